The van der Waals surface area contributed by atoms with Gasteiger partial charge in [-0.3, -0.25) is 4.79 Å². The van der Waals surface area contributed by atoms with Crippen LogP contribution in [0.25, 0.3) is 0 Å². The average molecular weight is 281 g/mol. The molecule has 0 bridgehead atoms. The largest absolute Gasteiger partial charge is 0.399 e. The lowest BCUT2D eigenvalue weighted by molar-refractivity contribution is 0.0786. The van der Waals surface area contributed by atoms with E-state index in [9.17, 15) is 4.79 Å². The van der Waals surface area contributed by atoms with E-state index in [1.165, 1.54) is 0 Å². The molecular formula is C13H13ClN2OS. The molecule has 0 saturated heterocycles. The highest BCUT2D eigenvalue weighted by Crippen LogP contribution is 2.21. The summed E-state index contributed by atoms with van der Waals surface area (Å²) in [5, 5.41) is 2.38. The quantitative estimate of drug-likeness (QED) is 0.877. The zero-order valence-corrected chi connectivity index (χ0v) is 11.5. The fraction of sp³-hybridized carbons (Fsp3) is 0.154. The molecule has 1 amide bonds. The summed E-state index contributed by atoms with van der Waals surface area (Å²) in [6.07, 6.45) is 0. The molecule has 0 fully saturated rings. The van der Waals surface area contributed by atoms with E-state index in [-0.39, 0.29) is 5.91 Å². The van der Waals surface area contributed by atoms with Gasteiger partial charge in [-0.15, -0.1) is 11.3 Å². The molecule has 1 heterocycles. The molecule has 1 aromatic carbocycles. The molecule has 2 aromatic rings. The van der Waals surface area contributed by atoms with Gasteiger partial charge in [0.05, 0.1) is 17.1 Å². The van der Waals surface area contributed by atoms with Crippen LogP contribution in [0.1, 0.15) is 15.2 Å². The third-order valence-corrected chi connectivity index (χ3v) is 3.72. The summed E-state index contributed by atoms with van der Waals surface area (Å²) in [5.41, 5.74) is 6.64. The number of anilines is 1. The zero-order chi connectivity index (χ0) is 13.1. The van der Waals surface area contributed by atoms with Gasteiger partial charge in [0.2, 0.25) is 0 Å². The van der Waals surface area contributed by atoms with Crippen LogP contribution in [0.5, 0.6) is 0 Å². The fourth-order valence-electron chi connectivity index (χ4n) is 1.62. The second-order valence-corrected chi connectivity index (χ2v) is 5.42. The van der Waals surface area contributed by atoms with Gasteiger partial charge >= 0.3 is 0 Å². The normalized spacial score (nSPS) is 10.3. The summed E-state index contributed by atoms with van der Waals surface area (Å²) in [6, 6.07) is 8.89. The van der Waals surface area contributed by atoms with E-state index >= 15 is 0 Å². The Hall–Kier alpha value is -1.52. The molecule has 0 atom stereocenters. The van der Waals surface area contributed by atoms with Crippen molar-refractivity contribution in [3.63, 3.8) is 0 Å². The van der Waals surface area contributed by atoms with Gasteiger partial charge in [0.25, 0.3) is 5.91 Å². The lowest BCUT2D eigenvalue weighted by Crippen LogP contribution is -2.26. The highest BCUT2D eigenvalue weighted by Gasteiger charge is 2.15. The summed E-state index contributed by atoms with van der Waals surface area (Å²) in [6.45, 7) is 0.581. The number of amides is 1. The van der Waals surface area contributed by atoms with Gasteiger partial charge in [-0.05, 0) is 29.6 Å². The van der Waals surface area contributed by atoms with Crippen molar-refractivity contribution in [2.45, 2.75) is 6.54 Å². The van der Waals surface area contributed by atoms with Crippen molar-refractivity contribution in [3.8, 4) is 0 Å². The number of carbonyl (C=O) groups is 1. The Morgan fingerprint density at radius 1 is 1.44 bits per heavy atom. The van der Waals surface area contributed by atoms with Gasteiger partial charge in [-0.25, -0.2) is 0 Å². The van der Waals surface area contributed by atoms with Gasteiger partial charge < -0.3 is 10.6 Å². The van der Waals surface area contributed by atoms with E-state index < -0.39 is 0 Å². The number of thiophene rings is 1. The van der Waals surface area contributed by atoms with Crippen LogP contribution in [0.4, 0.5) is 5.69 Å². The lowest BCUT2D eigenvalue weighted by atomic mass is 10.2. The average Bonchev–Trinajstić information content (AvgIpc) is 2.81. The fourth-order valence-corrected chi connectivity index (χ4v) is 2.65. The smallest absolute Gasteiger partial charge is 0.255 e. The lowest BCUT2D eigenvalue weighted by Gasteiger charge is -2.17. The second kappa shape index (κ2) is 5.42. The molecule has 2 rings (SSSR count). The zero-order valence-electron chi connectivity index (χ0n) is 9.89. The molecule has 0 unspecified atom stereocenters. The third-order valence-electron chi connectivity index (χ3n) is 2.54. The predicted molar refractivity (Wildman–Crippen MR) is 76.0 cm³/mol. The molecular weight excluding hydrogens is 268 g/mol. The van der Waals surface area contributed by atoms with Gasteiger partial charge in [0.1, 0.15) is 0 Å². The monoisotopic (exact) mass is 280 g/mol. The van der Waals surface area contributed by atoms with Crippen LogP contribution in [-0.4, -0.2) is 17.9 Å². The van der Waals surface area contributed by atoms with E-state index in [1.54, 1.807) is 41.5 Å². The van der Waals surface area contributed by atoms with E-state index in [4.69, 9.17) is 17.3 Å². The maximum Gasteiger partial charge on any atom is 0.255 e. The number of hydrogen-bond acceptors (Lipinski definition) is 3. The number of benzene rings is 1. The minimum atomic E-state index is -0.103. The minimum absolute atomic E-state index is 0.103. The molecule has 0 radical (unpaired) electrons. The van der Waals surface area contributed by atoms with Crippen molar-refractivity contribution in [2.24, 2.45) is 0 Å². The van der Waals surface area contributed by atoms with Crippen molar-refractivity contribution in [2.75, 3.05) is 12.8 Å². The number of nitrogen functional groups attached to an aromatic ring is 1. The molecule has 5 heteroatoms. The Bertz CT molecular complexity index is 554. The number of carbonyl (C=O) groups excluding carboxylic acids is 1. The molecule has 0 spiro atoms. The maximum atomic E-state index is 12.2. The van der Waals surface area contributed by atoms with E-state index in [0.717, 1.165) is 4.88 Å². The SMILES string of the molecule is CN(Cc1cccs1)C(=O)c1ccc(N)cc1Cl. The van der Waals surface area contributed by atoms with Crippen molar-refractivity contribution >= 4 is 34.5 Å². The van der Waals surface area contributed by atoms with Crippen LogP contribution in [0.3, 0.4) is 0 Å². The molecule has 0 aliphatic rings. The first kappa shape index (κ1) is 12.9. The highest BCUT2D eigenvalue weighted by molar-refractivity contribution is 7.09. The number of nitrogens with two attached hydrogens (primary N) is 1. The number of halogens is 1. The summed E-state index contributed by atoms with van der Waals surface area (Å²) in [7, 11) is 1.76. The molecule has 94 valence electrons. The Balaban J connectivity index is 2.15. The van der Waals surface area contributed by atoms with E-state index in [0.29, 0.717) is 22.8 Å². The van der Waals surface area contributed by atoms with Crippen LogP contribution in [-0.2, 0) is 6.54 Å². The van der Waals surface area contributed by atoms with Crippen LogP contribution < -0.4 is 5.73 Å². The Labute approximate surface area is 115 Å². The standard InChI is InChI=1S/C13H13ClN2OS/c1-16(8-10-3-2-6-18-10)13(17)11-5-4-9(15)7-12(11)14/h2-7H,8,15H2,1H3. The van der Waals surface area contributed by atoms with Crippen LogP contribution >= 0.6 is 22.9 Å². The molecule has 0 aliphatic carbocycles. The first-order valence-corrected chi connectivity index (χ1v) is 6.66. The van der Waals surface area contributed by atoms with Crippen LogP contribution in [0.15, 0.2) is 35.7 Å². The first-order valence-electron chi connectivity index (χ1n) is 5.41. The summed E-state index contributed by atoms with van der Waals surface area (Å²) < 4.78 is 0. The van der Waals surface area contributed by atoms with Crippen molar-refractivity contribution in [3.05, 3.63) is 51.2 Å². The summed E-state index contributed by atoms with van der Waals surface area (Å²) in [4.78, 5) is 15.0. The molecule has 1 aromatic heterocycles. The van der Waals surface area contributed by atoms with Crippen LogP contribution in [0.2, 0.25) is 5.02 Å². The summed E-state index contributed by atoms with van der Waals surface area (Å²) in [5.74, 6) is -0.103. The first-order chi connectivity index (χ1) is 8.58. The molecule has 18 heavy (non-hydrogen) atoms. The third kappa shape index (κ3) is 2.83. The number of hydrogen-bond donors (Lipinski definition) is 1. The van der Waals surface area contributed by atoms with E-state index in [2.05, 4.69) is 0 Å². The molecule has 0 aliphatic heterocycles. The van der Waals surface area contributed by atoms with E-state index in [1.807, 2.05) is 17.5 Å². The Kier molecular flexibility index (Phi) is 3.89. The second-order valence-electron chi connectivity index (χ2n) is 3.98. The highest BCUT2D eigenvalue weighted by atomic mass is 35.5. The van der Waals surface area contributed by atoms with Gasteiger partial charge in [0.15, 0.2) is 0 Å². The Morgan fingerprint density at radius 3 is 2.83 bits per heavy atom. The minimum Gasteiger partial charge on any atom is -0.399 e. The molecule has 0 saturated carbocycles. The van der Waals surface area contributed by atoms with Gasteiger partial charge in [0, 0.05) is 17.6 Å². The topological polar surface area (TPSA) is 46.3 Å². The van der Waals surface area contributed by atoms with Crippen molar-refractivity contribution in [1.82, 2.24) is 4.90 Å². The van der Waals surface area contributed by atoms with Gasteiger partial charge in [-0.2, -0.15) is 0 Å². The van der Waals surface area contributed by atoms with Crippen molar-refractivity contribution in [1.29, 1.82) is 0 Å². The predicted octanol–water partition coefficient (Wildman–Crippen LogP) is 3.26. The summed E-state index contributed by atoms with van der Waals surface area (Å²) >= 11 is 7.65. The van der Waals surface area contributed by atoms with Crippen LogP contribution in [0, 0.1) is 0 Å². The maximum absolute atomic E-state index is 12.2. The molecule has 3 nitrogen and oxygen atoms in total. The molecule has 2 N–H and O–H groups in total. The number of rotatable bonds is 3. The van der Waals surface area contributed by atoms with Crippen molar-refractivity contribution < 1.29 is 4.79 Å². The Morgan fingerprint density at radius 2 is 2.22 bits per heavy atom. The van der Waals surface area contributed by atoms with Gasteiger partial charge in [-0.1, -0.05) is 17.7 Å². The number of nitrogens with zero attached hydrogens (tertiary/aromatic N) is 1.